The SMILES string of the molecule is CCCC1(C(=O)O)CCN(c2ncccc2C(N)=O)C1. The molecule has 2 rings (SSSR count). The molecule has 3 N–H and O–H groups in total. The molecule has 1 amide bonds. The lowest BCUT2D eigenvalue weighted by Gasteiger charge is -2.25. The molecule has 108 valence electrons. The molecule has 20 heavy (non-hydrogen) atoms. The van der Waals surface area contributed by atoms with Crippen LogP contribution in [0.4, 0.5) is 5.82 Å². The second kappa shape index (κ2) is 5.48. The Bertz CT molecular complexity index is 532. The van der Waals surface area contributed by atoms with Gasteiger partial charge >= 0.3 is 5.97 Å². The van der Waals surface area contributed by atoms with Crippen molar-refractivity contribution in [3.8, 4) is 0 Å². The number of aromatic nitrogens is 1. The first-order valence-electron chi connectivity index (χ1n) is 6.73. The molecule has 0 saturated carbocycles. The Morgan fingerprint density at radius 3 is 2.90 bits per heavy atom. The third-order valence-corrected chi connectivity index (χ3v) is 3.89. The number of carbonyl (C=O) groups excluding carboxylic acids is 1. The van der Waals surface area contributed by atoms with E-state index in [0.29, 0.717) is 37.3 Å². The number of aliphatic carboxylic acids is 1. The number of pyridine rings is 1. The van der Waals surface area contributed by atoms with Crippen LogP contribution < -0.4 is 10.6 Å². The van der Waals surface area contributed by atoms with Crippen LogP contribution in [-0.2, 0) is 4.79 Å². The van der Waals surface area contributed by atoms with E-state index in [1.54, 1.807) is 18.3 Å². The highest BCUT2D eigenvalue weighted by Gasteiger charge is 2.44. The van der Waals surface area contributed by atoms with Gasteiger partial charge in [-0.3, -0.25) is 9.59 Å². The molecule has 1 saturated heterocycles. The molecule has 0 bridgehead atoms. The standard InChI is InChI=1S/C14H19N3O3/c1-2-5-14(13(19)20)6-8-17(9-14)12-10(11(15)18)4-3-7-16-12/h3-4,7H,2,5-6,8-9H2,1H3,(H2,15,18)(H,19,20). The summed E-state index contributed by atoms with van der Waals surface area (Å²) in [6.07, 6.45) is 3.58. The summed E-state index contributed by atoms with van der Waals surface area (Å²) in [6, 6.07) is 3.27. The number of hydrogen-bond donors (Lipinski definition) is 2. The molecule has 0 aliphatic carbocycles. The van der Waals surface area contributed by atoms with Gasteiger partial charge in [-0.15, -0.1) is 0 Å². The highest BCUT2D eigenvalue weighted by Crippen LogP contribution is 2.37. The van der Waals surface area contributed by atoms with Crippen LogP contribution in [0.3, 0.4) is 0 Å². The Balaban J connectivity index is 2.29. The van der Waals surface area contributed by atoms with E-state index in [2.05, 4.69) is 4.98 Å². The van der Waals surface area contributed by atoms with E-state index in [0.717, 1.165) is 6.42 Å². The molecule has 6 heteroatoms. The Labute approximate surface area is 117 Å². The number of anilines is 1. The van der Waals surface area contributed by atoms with Crippen LogP contribution in [-0.4, -0.2) is 35.1 Å². The van der Waals surface area contributed by atoms with Crippen molar-refractivity contribution in [3.63, 3.8) is 0 Å². The quantitative estimate of drug-likeness (QED) is 0.844. The van der Waals surface area contributed by atoms with Crippen LogP contribution in [0.1, 0.15) is 36.5 Å². The number of nitrogens with two attached hydrogens (primary N) is 1. The van der Waals surface area contributed by atoms with Gasteiger partial charge in [0.2, 0.25) is 0 Å². The molecule has 0 radical (unpaired) electrons. The van der Waals surface area contributed by atoms with Gasteiger partial charge in [-0.25, -0.2) is 4.98 Å². The van der Waals surface area contributed by atoms with Gasteiger partial charge in [0.25, 0.3) is 5.91 Å². The van der Waals surface area contributed by atoms with Crippen molar-refractivity contribution >= 4 is 17.7 Å². The second-order valence-electron chi connectivity index (χ2n) is 5.25. The van der Waals surface area contributed by atoms with Gasteiger partial charge in [0.15, 0.2) is 0 Å². The Morgan fingerprint density at radius 2 is 2.30 bits per heavy atom. The monoisotopic (exact) mass is 277 g/mol. The topological polar surface area (TPSA) is 96.5 Å². The van der Waals surface area contributed by atoms with Crippen molar-refractivity contribution in [2.75, 3.05) is 18.0 Å². The Morgan fingerprint density at radius 1 is 1.55 bits per heavy atom. The van der Waals surface area contributed by atoms with Crippen molar-refractivity contribution in [2.45, 2.75) is 26.2 Å². The fraction of sp³-hybridized carbons (Fsp3) is 0.500. The fourth-order valence-electron chi connectivity index (χ4n) is 2.86. The molecule has 2 heterocycles. The summed E-state index contributed by atoms with van der Waals surface area (Å²) in [6.45, 7) is 2.92. The Kier molecular flexibility index (Phi) is 3.92. The van der Waals surface area contributed by atoms with Crippen molar-refractivity contribution in [1.82, 2.24) is 4.98 Å². The smallest absolute Gasteiger partial charge is 0.311 e. The van der Waals surface area contributed by atoms with Crippen LogP contribution in [0.15, 0.2) is 18.3 Å². The van der Waals surface area contributed by atoms with Crippen LogP contribution >= 0.6 is 0 Å². The molecule has 1 atom stereocenters. The molecule has 1 aromatic rings. The maximum atomic E-state index is 11.6. The molecule has 0 spiro atoms. The fourth-order valence-corrected chi connectivity index (χ4v) is 2.86. The summed E-state index contributed by atoms with van der Waals surface area (Å²) in [5, 5.41) is 9.50. The van der Waals surface area contributed by atoms with Gasteiger partial charge in [-0.05, 0) is 25.0 Å². The molecule has 1 aliphatic heterocycles. The molecular weight excluding hydrogens is 258 g/mol. The van der Waals surface area contributed by atoms with Crippen molar-refractivity contribution in [1.29, 1.82) is 0 Å². The normalized spacial score (nSPS) is 21.9. The van der Waals surface area contributed by atoms with Crippen LogP contribution in [0.25, 0.3) is 0 Å². The van der Waals surface area contributed by atoms with Crippen LogP contribution in [0.5, 0.6) is 0 Å². The number of rotatable bonds is 5. The zero-order chi connectivity index (χ0) is 14.8. The molecule has 1 aromatic heterocycles. The highest BCUT2D eigenvalue weighted by molar-refractivity contribution is 5.97. The predicted octanol–water partition coefficient (Wildman–Crippen LogP) is 1.26. The maximum absolute atomic E-state index is 11.6. The second-order valence-corrected chi connectivity index (χ2v) is 5.25. The number of primary amides is 1. The van der Waals surface area contributed by atoms with Crippen molar-refractivity contribution in [2.24, 2.45) is 11.1 Å². The number of carboxylic acid groups (broad SMARTS) is 1. The summed E-state index contributed by atoms with van der Waals surface area (Å²) in [5.74, 6) is -0.839. The lowest BCUT2D eigenvalue weighted by molar-refractivity contribution is -0.148. The lowest BCUT2D eigenvalue weighted by Crippen LogP contribution is -2.35. The molecular formula is C14H19N3O3. The average Bonchev–Trinajstić information content (AvgIpc) is 2.85. The van der Waals surface area contributed by atoms with E-state index in [1.165, 1.54) is 0 Å². The van der Waals surface area contributed by atoms with E-state index in [4.69, 9.17) is 5.73 Å². The van der Waals surface area contributed by atoms with Gasteiger partial charge < -0.3 is 15.7 Å². The van der Waals surface area contributed by atoms with E-state index in [9.17, 15) is 14.7 Å². The summed E-state index contributed by atoms with van der Waals surface area (Å²) in [7, 11) is 0. The predicted molar refractivity (Wildman–Crippen MR) is 74.6 cm³/mol. The Hall–Kier alpha value is -2.11. The minimum absolute atomic E-state index is 0.338. The first-order chi connectivity index (χ1) is 9.50. The molecule has 6 nitrogen and oxygen atoms in total. The van der Waals surface area contributed by atoms with Crippen LogP contribution in [0.2, 0.25) is 0 Å². The van der Waals surface area contributed by atoms with E-state index in [-0.39, 0.29) is 0 Å². The van der Waals surface area contributed by atoms with Crippen molar-refractivity contribution in [3.05, 3.63) is 23.9 Å². The zero-order valence-electron chi connectivity index (χ0n) is 11.5. The van der Waals surface area contributed by atoms with E-state index in [1.807, 2.05) is 11.8 Å². The van der Waals surface area contributed by atoms with Gasteiger partial charge in [-0.1, -0.05) is 13.3 Å². The van der Waals surface area contributed by atoms with Crippen molar-refractivity contribution < 1.29 is 14.7 Å². The molecule has 1 fully saturated rings. The minimum atomic E-state index is -0.779. The van der Waals surface area contributed by atoms with Crippen LogP contribution in [0, 0.1) is 5.41 Å². The number of amides is 1. The number of carboxylic acids is 1. The lowest BCUT2D eigenvalue weighted by atomic mass is 9.83. The highest BCUT2D eigenvalue weighted by atomic mass is 16.4. The first kappa shape index (κ1) is 14.3. The third kappa shape index (κ3) is 2.45. The molecule has 1 unspecified atom stereocenters. The van der Waals surface area contributed by atoms with E-state index >= 15 is 0 Å². The first-order valence-corrected chi connectivity index (χ1v) is 6.73. The van der Waals surface area contributed by atoms with Gasteiger partial charge in [0.1, 0.15) is 5.82 Å². The van der Waals surface area contributed by atoms with E-state index < -0.39 is 17.3 Å². The summed E-state index contributed by atoms with van der Waals surface area (Å²) < 4.78 is 0. The number of hydrogen-bond acceptors (Lipinski definition) is 4. The third-order valence-electron chi connectivity index (χ3n) is 3.89. The average molecular weight is 277 g/mol. The summed E-state index contributed by atoms with van der Waals surface area (Å²) in [4.78, 5) is 29.1. The zero-order valence-corrected chi connectivity index (χ0v) is 11.5. The van der Waals surface area contributed by atoms with Gasteiger partial charge in [0, 0.05) is 19.3 Å². The summed E-state index contributed by atoms with van der Waals surface area (Å²) >= 11 is 0. The molecule has 1 aliphatic rings. The number of nitrogens with zero attached hydrogens (tertiary/aromatic N) is 2. The number of carbonyl (C=O) groups is 2. The van der Waals surface area contributed by atoms with Gasteiger partial charge in [0.05, 0.1) is 11.0 Å². The minimum Gasteiger partial charge on any atom is -0.481 e. The largest absolute Gasteiger partial charge is 0.481 e. The molecule has 0 aromatic carbocycles. The summed E-state index contributed by atoms with van der Waals surface area (Å²) in [5.41, 5.74) is 4.94. The maximum Gasteiger partial charge on any atom is 0.311 e. The van der Waals surface area contributed by atoms with Gasteiger partial charge in [-0.2, -0.15) is 0 Å².